The van der Waals surface area contributed by atoms with Gasteiger partial charge >= 0.3 is 0 Å². The molecule has 0 unspecified atom stereocenters. The van der Waals surface area contributed by atoms with E-state index >= 15 is 0 Å². The van der Waals surface area contributed by atoms with Gasteiger partial charge in [0, 0.05) is 22.7 Å². The molecule has 1 aromatic heterocycles. The second-order valence-corrected chi connectivity index (χ2v) is 3.79. The third kappa shape index (κ3) is 2.54. The van der Waals surface area contributed by atoms with E-state index in [0.29, 0.717) is 0 Å². The van der Waals surface area contributed by atoms with E-state index in [9.17, 15) is 0 Å². The van der Waals surface area contributed by atoms with Crippen LogP contribution in [0.2, 0.25) is 5.02 Å². The predicted octanol–water partition coefficient (Wildman–Crippen LogP) is 2.83. The molecule has 0 N–H and O–H groups in total. The Labute approximate surface area is 94.0 Å². The van der Waals surface area contributed by atoms with Gasteiger partial charge in [0.05, 0.1) is 6.20 Å². The van der Waals surface area contributed by atoms with Crippen LogP contribution in [-0.4, -0.2) is 9.97 Å². The van der Waals surface area contributed by atoms with Gasteiger partial charge in [0.1, 0.15) is 6.33 Å². The SMILES string of the molecule is Cc1ncn[c]c1Cc1ccc(Cl)cc1. The number of benzene rings is 1. The summed E-state index contributed by atoms with van der Waals surface area (Å²) >= 11 is 5.81. The minimum absolute atomic E-state index is 0.753. The molecule has 75 valence electrons. The van der Waals surface area contributed by atoms with Gasteiger partial charge in [-0.25, -0.2) is 9.97 Å². The fraction of sp³-hybridized carbons (Fsp3) is 0.167. The number of aryl methyl sites for hydroxylation is 1. The lowest BCUT2D eigenvalue weighted by Crippen LogP contribution is -1.95. The second kappa shape index (κ2) is 4.41. The molecule has 3 heteroatoms. The van der Waals surface area contributed by atoms with Crippen molar-refractivity contribution in [3.63, 3.8) is 0 Å². The first-order valence-corrected chi connectivity index (χ1v) is 5.06. The molecule has 0 fully saturated rings. The average molecular weight is 218 g/mol. The zero-order valence-electron chi connectivity index (χ0n) is 8.37. The summed E-state index contributed by atoms with van der Waals surface area (Å²) < 4.78 is 0. The Hall–Kier alpha value is -1.41. The molecule has 2 nitrogen and oxygen atoms in total. The van der Waals surface area contributed by atoms with Gasteiger partial charge in [0.2, 0.25) is 0 Å². The molecule has 0 aliphatic heterocycles. The van der Waals surface area contributed by atoms with Gasteiger partial charge in [-0.3, -0.25) is 0 Å². The van der Waals surface area contributed by atoms with Gasteiger partial charge in [-0.05, 0) is 24.6 Å². The van der Waals surface area contributed by atoms with Crippen molar-refractivity contribution in [2.24, 2.45) is 0 Å². The minimum atomic E-state index is 0.753. The first-order chi connectivity index (χ1) is 7.25. The topological polar surface area (TPSA) is 25.8 Å². The van der Waals surface area contributed by atoms with Crippen LogP contribution in [0, 0.1) is 13.1 Å². The summed E-state index contributed by atoms with van der Waals surface area (Å²) in [5.74, 6) is 0. The molecule has 0 saturated heterocycles. The number of hydrogen-bond acceptors (Lipinski definition) is 2. The molecule has 1 radical (unpaired) electrons. The molecule has 15 heavy (non-hydrogen) atoms. The van der Waals surface area contributed by atoms with Crippen LogP contribution in [0.1, 0.15) is 16.8 Å². The number of halogens is 1. The molecule has 0 amide bonds. The Morgan fingerprint density at radius 3 is 2.67 bits per heavy atom. The van der Waals surface area contributed by atoms with Crippen LogP contribution in [0.3, 0.4) is 0 Å². The molecule has 1 heterocycles. The largest absolute Gasteiger partial charge is 0.241 e. The van der Waals surface area contributed by atoms with Crippen LogP contribution in [-0.2, 0) is 6.42 Å². The van der Waals surface area contributed by atoms with Crippen LogP contribution in [0.15, 0.2) is 30.6 Å². The fourth-order valence-electron chi connectivity index (χ4n) is 1.35. The van der Waals surface area contributed by atoms with Crippen molar-refractivity contribution >= 4 is 11.6 Å². The summed E-state index contributed by atoms with van der Waals surface area (Å²) in [7, 11) is 0. The van der Waals surface area contributed by atoms with E-state index in [0.717, 1.165) is 22.7 Å². The fourth-order valence-corrected chi connectivity index (χ4v) is 1.48. The maximum atomic E-state index is 5.81. The second-order valence-electron chi connectivity index (χ2n) is 3.35. The lowest BCUT2D eigenvalue weighted by atomic mass is 10.1. The Bertz CT molecular complexity index is 451. The molecule has 0 atom stereocenters. The molecule has 1 aromatic carbocycles. The highest BCUT2D eigenvalue weighted by atomic mass is 35.5. The molecule has 0 bridgehead atoms. The predicted molar refractivity (Wildman–Crippen MR) is 59.9 cm³/mol. The van der Waals surface area contributed by atoms with E-state index in [2.05, 4.69) is 16.2 Å². The average Bonchev–Trinajstić information content (AvgIpc) is 2.25. The standard InChI is InChI=1S/C12H10ClN2/c1-9-11(7-14-8-15-9)6-10-2-4-12(13)5-3-10/h2-5,8H,6H2,1H3. The van der Waals surface area contributed by atoms with Gasteiger partial charge in [-0.15, -0.1) is 0 Å². The summed E-state index contributed by atoms with van der Waals surface area (Å²) in [6.07, 6.45) is 5.26. The zero-order valence-corrected chi connectivity index (χ0v) is 9.12. The summed E-state index contributed by atoms with van der Waals surface area (Å²) in [5, 5.41) is 0.753. The van der Waals surface area contributed by atoms with Gasteiger partial charge in [0.25, 0.3) is 0 Å². The Morgan fingerprint density at radius 2 is 2.00 bits per heavy atom. The maximum Gasteiger partial charge on any atom is 0.116 e. The van der Waals surface area contributed by atoms with Crippen molar-refractivity contribution in [3.05, 3.63) is 58.6 Å². The highest BCUT2D eigenvalue weighted by molar-refractivity contribution is 6.30. The van der Waals surface area contributed by atoms with Gasteiger partial charge < -0.3 is 0 Å². The third-order valence-corrected chi connectivity index (χ3v) is 2.49. The summed E-state index contributed by atoms with van der Waals surface area (Å²) in [6, 6.07) is 7.78. The smallest absolute Gasteiger partial charge is 0.116 e. The van der Waals surface area contributed by atoms with Crippen LogP contribution in [0.25, 0.3) is 0 Å². The molecule has 0 aliphatic rings. The summed E-state index contributed by atoms with van der Waals surface area (Å²) in [4.78, 5) is 8.02. The van der Waals surface area contributed by atoms with Gasteiger partial charge in [-0.1, -0.05) is 23.7 Å². The van der Waals surface area contributed by atoms with E-state index in [1.807, 2.05) is 31.2 Å². The van der Waals surface area contributed by atoms with Crippen molar-refractivity contribution in [1.82, 2.24) is 9.97 Å². The highest BCUT2D eigenvalue weighted by Crippen LogP contribution is 2.13. The summed E-state index contributed by atoms with van der Waals surface area (Å²) in [5.41, 5.74) is 3.19. The Balaban J connectivity index is 2.22. The molecule has 0 spiro atoms. The van der Waals surface area contributed by atoms with Crippen molar-refractivity contribution in [1.29, 1.82) is 0 Å². The number of nitrogens with zero attached hydrogens (tertiary/aromatic N) is 2. The highest BCUT2D eigenvalue weighted by Gasteiger charge is 2.01. The number of hydrogen-bond donors (Lipinski definition) is 0. The molecule has 0 saturated carbocycles. The molecular formula is C12H10ClN2. The number of aromatic nitrogens is 2. The van der Waals surface area contributed by atoms with Crippen molar-refractivity contribution in [3.8, 4) is 0 Å². The first-order valence-electron chi connectivity index (χ1n) is 4.68. The van der Waals surface area contributed by atoms with Crippen LogP contribution < -0.4 is 0 Å². The lowest BCUT2D eigenvalue weighted by Gasteiger charge is -2.03. The molecule has 2 rings (SSSR count). The Kier molecular flexibility index (Phi) is 2.97. The van der Waals surface area contributed by atoms with Crippen molar-refractivity contribution in [2.45, 2.75) is 13.3 Å². The third-order valence-electron chi connectivity index (χ3n) is 2.24. The number of rotatable bonds is 2. The lowest BCUT2D eigenvalue weighted by molar-refractivity contribution is 1.01. The molecular weight excluding hydrogens is 208 g/mol. The van der Waals surface area contributed by atoms with E-state index in [1.54, 1.807) is 0 Å². The monoisotopic (exact) mass is 217 g/mol. The van der Waals surface area contributed by atoms with Gasteiger partial charge in [0.15, 0.2) is 0 Å². The van der Waals surface area contributed by atoms with Crippen molar-refractivity contribution < 1.29 is 0 Å². The molecule has 2 aromatic rings. The van der Waals surface area contributed by atoms with E-state index in [1.165, 1.54) is 11.9 Å². The quantitative estimate of drug-likeness (QED) is 0.773. The van der Waals surface area contributed by atoms with E-state index < -0.39 is 0 Å². The van der Waals surface area contributed by atoms with Crippen LogP contribution in [0.4, 0.5) is 0 Å². The van der Waals surface area contributed by atoms with Crippen LogP contribution in [0.5, 0.6) is 0 Å². The van der Waals surface area contributed by atoms with Crippen molar-refractivity contribution in [2.75, 3.05) is 0 Å². The van der Waals surface area contributed by atoms with Gasteiger partial charge in [-0.2, -0.15) is 0 Å². The van der Waals surface area contributed by atoms with E-state index in [4.69, 9.17) is 11.6 Å². The minimum Gasteiger partial charge on any atom is -0.241 e. The normalized spacial score (nSPS) is 10.3. The Morgan fingerprint density at radius 1 is 1.27 bits per heavy atom. The molecule has 0 aliphatic carbocycles. The zero-order chi connectivity index (χ0) is 10.7. The van der Waals surface area contributed by atoms with E-state index in [-0.39, 0.29) is 0 Å². The first kappa shape index (κ1) is 10.1. The van der Waals surface area contributed by atoms with Crippen LogP contribution >= 0.6 is 11.6 Å². The maximum absolute atomic E-state index is 5.81. The summed E-state index contributed by atoms with van der Waals surface area (Å²) in [6.45, 7) is 1.96.